The predicted molar refractivity (Wildman–Crippen MR) is 128 cm³/mol. The molecule has 1 aromatic heterocycles. The maximum absolute atomic E-state index is 10.1. The molecular formula is C26H33N3O4. The Hall–Kier alpha value is -3.03. The van der Waals surface area contributed by atoms with Crippen LogP contribution in [0.5, 0.6) is 23.1 Å². The van der Waals surface area contributed by atoms with Gasteiger partial charge in [-0.2, -0.15) is 5.10 Å². The van der Waals surface area contributed by atoms with Crippen molar-refractivity contribution in [2.45, 2.75) is 51.8 Å². The molecule has 1 aliphatic carbocycles. The van der Waals surface area contributed by atoms with E-state index in [-0.39, 0.29) is 0 Å². The molecule has 33 heavy (non-hydrogen) atoms. The predicted octanol–water partition coefficient (Wildman–Crippen LogP) is 4.59. The van der Waals surface area contributed by atoms with Crippen molar-refractivity contribution in [2.75, 3.05) is 20.8 Å². The zero-order valence-corrected chi connectivity index (χ0v) is 19.8. The van der Waals surface area contributed by atoms with Crippen LogP contribution in [0.2, 0.25) is 0 Å². The zero-order valence-electron chi connectivity index (χ0n) is 19.8. The number of ether oxygens (including phenoxy) is 3. The Labute approximate surface area is 195 Å². The molecule has 1 saturated carbocycles. The lowest BCUT2D eigenvalue weighted by molar-refractivity contribution is 0.117. The van der Waals surface area contributed by atoms with E-state index in [4.69, 9.17) is 19.3 Å². The molecule has 0 saturated heterocycles. The number of methoxy groups -OCH3 is 2. The molecule has 1 fully saturated rings. The van der Waals surface area contributed by atoms with Crippen molar-refractivity contribution >= 4 is 0 Å². The minimum atomic E-state index is -0.397. The summed E-state index contributed by atoms with van der Waals surface area (Å²) in [6, 6.07) is 15.9. The van der Waals surface area contributed by atoms with Crippen molar-refractivity contribution < 1.29 is 19.3 Å². The lowest BCUT2D eigenvalue weighted by Gasteiger charge is -2.24. The van der Waals surface area contributed by atoms with E-state index in [0.29, 0.717) is 36.5 Å². The van der Waals surface area contributed by atoms with Gasteiger partial charge in [0, 0.05) is 19.1 Å². The number of aliphatic hydroxyl groups excluding tert-OH is 1. The Bertz CT molecular complexity index is 1060. The van der Waals surface area contributed by atoms with Gasteiger partial charge in [0.2, 0.25) is 5.88 Å². The van der Waals surface area contributed by atoms with Gasteiger partial charge in [-0.15, -0.1) is 0 Å². The molecular weight excluding hydrogens is 418 g/mol. The maximum Gasteiger partial charge on any atom is 0.227 e. The molecule has 7 heteroatoms. The molecule has 4 rings (SSSR count). The van der Waals surface area contributed by atoms with Crippen LogP contribution in [0.1, 0.15) is 37.9 Å². The highest BCUT2D eigenvalue weighted by molar-refractivity contribution is 5.48. The molecule has 1 unspecified atom stereocenters. The number of nitrogens with zero attached hydrogens (tertiary/aromatic N) is 3. The Kier molecular flexibility index (Phi) is 7.20. The Morgan fingerprint density at radius 1 is 1.06 bits per heavy atom. The number of benzene rings is 2. The lowest BCUT2D eigenvalue weighted by Crippen LogP contribution is -2.32. The summed E-state index contributed by atoms with van der Waals surface area (Å²) in [6.07, 6.45) is 2.69. The minimum Gasteiger partial charge on any atom is -0.497 e. The fourth-order valence-electron chi connectivity index (χ4n) is 4.06. The first-order valence-electron chi connectivity index (χ1n) is 11.5. The fourth-order valence-corrected chi connectivity index (χ4v) is 4.06. The molecule has 0 radical (unpaired) electrons. The molecule has 1 aliphatic rings. The molecule has 0 amide bonds. The summed E-state index contributed by atoms with van der Waals surface area (Å²) in [5.74, 6) is 2.74. The van der Waals surface area contributed by atoms with E-state index < -0.39 is 6.10 Å². The number of para-hydroxylation sites is 2. The minimum absolute atomic E-state index is 0.397. The normalized spacial score (nSPS) is 14.4. The van der Waals surface area contributed by atoms with Crippen molar-refractivity contribution in [3.8, 4) is 28.8 Å². The standard InChI is InChI=1S/C26H33N3O4/c1-5-23-22(17-28(16-18(2)30)19-10-11-19)26(33-25-9-7-6-8-24(25)32-4)29(27-23)20-12-14-21(31-3)15-13-20/h6-9,12-15,18-19,30H,5,10-11,16-17H2,1-4H3. The lowest BCUT2D eigenvalue weighted by atomic mass is 10.1. The first-order chi connectivity index (χ1) is 16.0. The third-order valence-corrected chi connectivity index (χ3v) is 5.87. The van der Waals surface area contributed by atoms with Gasteiger partial charge < -0.3 is 19.3 Å². The summed E-state index contributed by atoms with van der Waals surface area (Å²) in [4.78, 5) is 2.34. The number of hydrogen-bond acceptors (Lipinski definition) is 6. The van der Waals surface area contributed by atoms with Crippen LogP contribution in [0.4, 0.5) is 0 Å². The number of aromatic nitrogens is 2. The largest absolute Gasteiger partial charge is 0.497 e. The average Bonchev–Trinajstić information content (AvgIpc) is 3.63. The first kappa shape index (κ1) is 23.1. The van der Waals surface area contributed by atoms with Crippen LogP contribution >= 0.6 is 0 Å². The van der Waals surface area contributed by atoms with E-state index in [9.17, 15) is 5.11 Å². The van der Waals surface area contributed by atoms with Crippen LogP contribution in [-0.2, 0) is 13.0 Å². The summed E-state index contributed by atoms with van der Waals surface area (Å²) < 4.78 is 19.2. The molecule has 0 spiro atoms. The molecule has 176 valence electrons. The van der Waals surface area contributed by atoms with Gasteiger partial charge in [-0.3, -0.25) is 4.90 Å². The molecule has 2 aromatic carbocycles. The highest BCUT2D eigenvalue weighted by Gasteiger charge is 2.32. The van der Waals surface area contributed by atoms with Crippen molar-refractivity contribution in [2.24, 2.45) is 0 Å². The quantitative estimate of drug-likeness (QED) is 0.460. The number of rotatable bonds is 11. The second kappa shape index (κ2) is 10.3. The molecule has 7 nitrogen and oxygen atoms in total. The Balaban J connectivity index is 1.80. The zero-order chi connectivity index (χ0) is 23.4. The van der Waals surface area contributed by atoms with Crippen LogP contribution in [0.25, 0.3) is 5.69 Å². The third-order valence-electron chi connectivity index (χ3n) is 5.87. The van der Waals surface area contributed by atoms with Crippen molar-refractivity contribution in [1.82, 2.24) is 14.7 Å². The van der Waals surface area contributed by atoms with Gasteiger partial charge in [0.05, 0.1) is 37.3 Å². The van der Waals surface area contributed by atoms with E-state index >= 15 is 0 Å². The average molecular weight is 452 g/mol. The SMILES string of the molecule is CCc1nn(-c2ccc(OC)cc2)c(Oc2ccccc2OC)c1CN(CC(C)O)C1CC1. The molecule has 1 heterocycles. The van der Waals surface area contributed by atoms with Gasteiger partial charge in [0.15, 0.2) is 11.5 Å². The van der Waals surface area contributed by atoms with Gasteiger partial charge in [0.1, 0.15) is 5.75 Å². The van der Waals surface area contributed by atoms with E-state index in [1.807, 2.05) is 60.1 Å². The van der Waals surface area contributed by atoms with Crippen molar-refractivity contribution in [1.29, 1.82) is 0 Å². The van der Waals surface area contributed by atoms with Gasteiger partial charge in [-0.25, -0.2) is 4.68 Å². The molecule has 3 aromatic rings. The third kappa shape index (κ3) is 5.31. The van der Waals surface area contributed by atoms with Crippen molar-refractivity contribution in [3.05, 3.63) is 59.8 Å². The number of hydrogen-bond donors (Lipinski definition) is 1. The van der Waals surface area contributed by atoms with E-state index in [1.165, 1.54) is 0 Å². The molecule has 0 aliphatic heterocycles. The monoisotopic (exact) mass is 451 g/mol. The van der Waals surface area contributed by atoms with Crippen LogP contribution in [0.15, 0.2) is 48.5 Å². The second-order valence-corrected chi connectivity index (χ2v) is 8.46. The topological polar surface area (TPSA) is 69.0 Å². The Morgan fingerprint density at radius 2 is 1.76 bits per heavy atom. The smallest absolute Gasteiger partial charge is 0.227 e. The van der Waals surface area contributed by atoms with Crippen LogP contribution < -0.4 is 14.2 Å². The van der Waals surface area contributed by atoms with Gasteiger partial charge in [-0.1, -0.05) is 19.1 Å². The highest BCUT2D eigenvalue weighted by atomic mass is 16.5. The summed E-state index contributed by atoms with van der Waals surface area (Å²) in [5, 5.41) is 15.0. The van der Waals surface area contributed by atoms with E-state index in [1.54, 1.807) is 14.2 Å². The first-order valence-corrected chi connectivity index (χ1v) is 11.5. The van der Waals surface area contributed by atoms with E-state index in [0.717, 1.165) is 42.0 Å². The Morgan fingerprint density at radius 3 is 2.33 bits per heavy atom. The summed E-state index contributed by atoms with van der Waals surface area (Å²) >= 11 is 0. The number of aliphatic hydroxyl groups is 1. The molecule has 1 N–H and O–H groups in total. The van der Waals surface area contributed by atoms with Gasteiger partial charge in [0.25, 0.3) is 0 Å². The summed E-state index contributed by atoms with van der Waals surface area (Å²) in [6.45, 7) is 5.23. The maximum atomic E-state index is 10.1. The number of aryl methyl sites for hydroxylation is 1. The summed E-state index contributed by atoms with van der Waals surface area (Å²) in [7, 11) is 3.29. The van der Waals surface area contributed by atoms with E-state index in [2.05, 4.69) is 11.8 Å². The fraction of sp³-hybridized carbons (Fsp3) is 0.423. The second-order valence-electron chi connectivity index (χ2n) is 8.46. The van der Waals surface area contributed by atoms with Crippen molar-refractivity contribution in [3.63, 3.8) is 0 Å². The molecule has 0 bridgehead atoms. The van der Waals surface area contributed by atoms with Gasteiger partial charge >= 0.3 is 0 Å². The van der Waals surface area contributed by atoms with Crippen LogP contribution in [0.3, 0.4) is 0 Å². The van der Waals surface area contributed by atoms with Crippen LogP contribution in [0, 0.1) is 0 Å². The van der Waals surface area contributed by atoms with Crippen LogP contribution in [-0.4, -0.2) is 52.7 Å². The molecule has 1 atom stereocenters. The highest BCUT2D eigenvalue weighted by Crippen LogP contribution is 2.38. The summed E-state index contributed by atoms with van der Waals surface area (Å²) in [5.41, 5.74) is 2.90. The van der Waals surface area contributed by atoms with Gasteiger partial charge in [-0.05, 0) is 62.6 Å².